The number of hydrogen-bond donors (Lipinski definition) is 1. The molecular formula is C20H24N2O4S. The minimum atomic E-state index is -3.10. The number of para-hydroxylation sites is 1. The summed E-state index contributed by atoms with van der Waals surface area (Å²) in [6, 6.07) is 14.6. The zero-order valence-corrected chi connectivity index (χ0v) is 16.3. The summed E-state index contributed by atoms with van der Waals surface area (Å²) in [5, 5.41) is 3.13. The third-order valence-electron chi connectivity index (χ3n) is 4.66. The third-order valence-corrected chi connectivity index (χ3v) is 6.41. The molecule has 0 aromatic heterocycles. The van der Waals surface area contributed by atoms with E-state index in [0.717, 1.165) is 11.3 Å². The molecule has 1 amide bonds. The van der Waals surface area contributed by atoms with Crippen LogP contribution in [0.2, 0.25) is 0 Å². The van der Waals surface area contributed by atoms with Gasteiger partial charge >= 0.3 is 0 Å². The molecule has 7 heteroatoms. The first kappa shape index (κ1) is 19.2. The van der Waals surface area contributed by atoms with Gasteiger partial charge in [0.15, 0.2) is 9.84 Å². The maximum absolute atomic E-state index is 13.0. The molecular weight excluding hydrogens is 364 g/mol. The minimum absolute atomic E-state index is 0.00139. The van der Waals surface area contributed by atoms with Crippen LogP contribution in [0.15, 0.2) is 48.5 Å². The van der Waals surface area contributed by atoms with Gasteiger partial charge < -0.3 is 15.0 Å². The highest BCUT2D eigenvalue weighted by atomic mass is 32.2. The minimum Gasteiger partial charge on any atom is -0.495 e. The number of rotatable bonds is 6. The molecule has 0 bridgehead atoms. The van der Waals surface area contributed by atoms with Crippen LogP contribution in [-0.2, 0) is 14.6 Å². The lowest BCUT2D eigenvalue weighted by atomic mass is 10.1. The highest BCUT2D eigenvalue weighted by Crippen LogP contribution is 2.27. The van der Waals surface area contributed by atoms with Crippen LogP contribution in [0.25, 0.3) is 0 Å². The number of ether oxygens (including phenoxy) is 1. The Morgan fingerprint density at radius 1 is 1.22 bits per heavy atom. The number of anilines is 2. The number of hydrogen-bond acceptors (Lipinski definition) is 5. The second kappa shape index (κ2) is 8.00. The van der Waals surface area contributed by atoms with Crippen molar-refractivity contribution in [2.24, 2.45) is 0 Å². The summed E-state index contributed by atoms with van der Waals surface area (Å²) in [5.74, 6) is 0.601. The summed E-state index contributed by atoms with van der Waals surface area (Å²) in [6.45, 7) is 2.01. The first-order valence-electron chi connectivity index (χ1n) is 8.85. The Labute approximate surface area is 160 Å². The Morgan fingerprint density at radius 3 is 2.59 bits per heavy atom. The fourth-order valence-electron chi connectivity index (χ4n) is 3.34. The molecule has 1 aliphatic heterocycles. The standard InChI is InChI=1S/C20H24N2O4S/c1-15-8-9-19(26-2)18(12-15)21-13-20(23)22(16-6-4-3-5-7-16)17-10-11-27(24,25)14-17/h3-9,12,17,21H,10-11,13-14H2,1-2H3/t17-/m0/s1. The lowest BCUT2D eigenvalue weighted by Gasteiger charge is -2.29. The van der Waals surface area contributed by atoms with Gasteiger partial charge in [-0.25, -0.2) is 8.42 Å². The van der Waals surface area contributed by atoms with Crippen LogP contribution in [-0.4, -0.2) is 45.5 Å². The van der Waals surface area contributed by atoms with Crippen LogP contribution in [0, 0.1) is 6.92 Å². The van der Waals surface area contributed by atoms with Crippen LogP contribution >= 0.6 is 0 Å². The first-order chi connectivity index (χ1) is 12.9. The normalized spacial score (nSPS) is 18.1. The molecule has 2 aromatic carbocycles. The maximum atomic E-state index is 13.0. The molecule has 27 heavy (non-hydrogen) atoms. The van der Waals surface area contributed by atoms with Crippen LogP contribution in [0.3, 0.4) is 0 Å². The number of nitrogens with zero attached hydrogens (tertiary/aromatic N) is 1. The molecule has 1 N–H and O–H groups in total. The number of nitrogens with one attached hydrogen (secondary N) is 1. The van der Waals surface area contributed by atoms with Crippen molar-refractivity contribution < 1.29 is 17.9 Å². The van der Waals surface area contributed by atoms with Gasteiger partial charge in [0.25, 0.3) is 0 Å². The lowest BCUT2D eigenvalue weighted by molar-refractivity contribution is -0.117. The second-order valence-corrected chi connectivity index (χ2v) is 8.94. The van der Waals surface area contributed by atoms with Gasteiger partial charge in [0.05, 0.1) is 36.9 Å². The van der Waals surface area contributed by atoms with Crippen molar-refractivity contribution in [3.05, 3.63) is 54.1 Å². The number of carbonyl (C=O) groups excluding carboxylic acids is 1. The topological polar surface area (TPSA) is 75.7 Å². The van der Waals surface area contributed by atoms with E-state index in [1.165, 1.54) is 0 Å². The summed E-state index contributed by atoms with van der Waals surface area (Å²) in [4.78, 5) is 14.6. The van der Waals surface area contributed by atoms with Crippen molar-refractivity contribution in [3.8, 4) is 5.75 Å². The van der Waals surface area contributed by atoms with E-state index in [2.05, 4.69) is 5.32 Å². The Kier molecular flexibility index (Phi) is 5.70. The van der Waals surface area contributed by atoms with E-state index in [9.17, 15) is 13.2 Å². The molecule has 144 valence electrons. The van der Waals surface area contributed by atoms with Gasteiger partial charge in [0.2, 0.25) is 5.91 Å². The van der Waals surface area contributed by atoms with E-state index in [1.807, 2.05) is 55.5 Å². The highest BCUT2D eigenvalue weighted by Gasteiger charge is 2.35. The van der Waals surface area contributed by atoms with Crippen LogP contribution in [0.5, 0.6) is 5.75 Å². The van der Waals surface area contributed by atoms with Gasteiger partial charge in [0, 0.05) is 5.69 Å². The number of benzene rings is 2. The van der Waals surface area contributed by atoms with E-state index < -0.39 is 9.84 Å². The van der Waals surface area contributed by atoms with Crippen molar-refractivity contribution >= 4 is 27.1 Å². The number of carbonyl (C=O) groups is 1. The average molecular weight is 388 g/mol. The summed E-state index contributed by atoms with van der Waals surface area (Å²) >= 11 is 0. The second-order valence-electron chi connectivity index (χ2n) is 6.71. The van der Waals surface area contributed by atoms with Gasteiger partial charge in [-0.15, -0.1) is 0 Å². The molecule has 2 aromatic rings. The fraction of sp³-hybridized carbons (Fsp3) is 0.350. The van der Waals surface area contributed by atoms with Gasteiger partial charge in [-0.2, -0.15) is 0 Å². The predicted octanol–water partition coefficient (Wildman–Crippen LogP) is 2.64. The molecule has 3 rings (SSSR count). The number of aryl methyl sites for hydroxylation is 1. The third kappa shape index (κ3) is 4.60. The van der Waals surface area contributed by atoms with E-state index >= 15 is 0 Å². The van der Waals surface area contributed by atoms with Crippen molar-refractivity contribution in [3.63, 3.8) is 0 Å². The summed E-state index contributed by atoms with van der Waals surface area (Å²) < 4.78 is 29.2. The van der Waals surface area contributed by atoms with Gasteiger partial charge in [-0.1, -0.05) is 24.3 Å². The highest BCUT2D eigenvalue weighted by molar-refractivity contribution is 7.91. The molecule has 1 saturated heterocycles. The SMILES string of the molecule is COc1ccc(C)cc1NCC(=O)N(c1ccccc1)[C@H]1CCS(=O)(=O)C1. The molecule has 0 spiro atoms. The lowest BCUT2D eigenvalue weighted by Crippen LogP contribution is -2.44. The number of amides is 1. The summed E-state index contributed by atoms with van der Waals surface area (Å²) in [6.07, 6.45) is 0.455. The van der Waals surface area contributed by atoms with E-state index in [1.54, 1.807) is 12.0 Å². The molecule has 1 aliphatic rings. The first-order valence-corrected chi connectivity index (χ1v) is 10.7. The zero-order valence-electron chi connectivity index (χ0n) is 15.5. The van der Waals surface area contributed by atoms with Crippen LogP contribution in [0.1, 0.15) is 12.0 Å². The summed E-state index contributed by atoms with van der Waals surface area (Å²) in [7, 11) is -1.52. The molecule has 1 fully saturated rings. The monoisotopic (exact) mass is 388 g/mol. The number of sulfone groups is 1. The Hall–Kier alpha value is -2.54. The Morgan fingerprint density at radius 2 is 1.96 bits per heavy atom. The quantitative estimate of drug-likeness (QED) is 0.823. The molecule has 1 heterocycles. The Bertz CT molecular complexity index is 913. The van der Waals surface area contributed by atoms with Crippen LogP contribution < -0.4 is 15.0 Å². The van der Waals surface area contributed by atoms with Crippen molar-refractivity contribution in [1.82, 2.24) is 0 Å². The maximum Gasteiger partial charge on any atom is 0.246 e. The largest absolute Gasteiger partial charge is 0.495 e. The van der Waals surface area contributed by atoms with Gasteiger partial charge in [-0.05, 0) is 43.2 Å². The van der Waals surface area contributed by atoms with Gasteiger partial charge in [-0.3, -0.25) is 4.79 Å². The van der Waals surface area contributed by atoms with E-state index in [-0.39, 0.29) is 30.0 Å². The fourth-order valence-corrected chi connectivity index (χ4v) is 5.04. The molecule has 6 nitrogen and oxygen atoms in total. The zero-order chi connectivity index (χ0) is 19.4. The average Bonchev–Trinajstić information content (AvgIpc) is 3.00. The van der Waals surface area contributed by atoms with Crippen molar-refractivity contribution in [2.45, 2.75) is 19.4 Å². The predicted molar refractivity (Wildman–Crippen MR) is 107 cm³/mol. The molecule has 0 aliphatic carbocycles. The molecule has 1 atom stereocenters. The number of methoxy groups -OCH3 is 1. The molecule has 0 saturated carbocycles. The van der Waals surface area contributed by atoms with Crippen molar-refractivity contribution in [1.29, 1.82) is 0 Å². The Balaban J connectivity index is 1.81. The smallest absolute Gasteiger partial charge is 0.246 e. The van der Waals surface area contributed by atoms with E-state index in [4.69, 9.17) is 4.74 Å². The molecule has 0 radical (unpaired) electrons. The summed E-state index contributed by atoms with van der Waals surface area (Å²) in [5.41, 5.74) is 2.49. The van der Waals surface area contributed by atoms with Gasteiger partial charge in [0.1, 0.15) is 5.75 Å². The van der Waals surface area contributed by atoms with Crippen LogP contribution in [0.4, 0.5) is 11.4 Å². The van der Waals surface area contributed by atoms with Crippen molar-refractivity contribution in [2.75, 3.05) is 35.4 Å². The molecule has 0 unspecified atom stereocenters. The van der Waals surface area contributed by atoms with E-state index in [0.29, 0.717) is 17.9 Å².